The smallest absolute Gasteiger partial charge is 0.252 e. The first kappa shape index (κ1) is 11.3. The highest BCUT2D eigenvalue weighted by atomic mass is 127. The minimum atomic E-state index is -0.581. The lowest BCUT2D eigenvalue weighted by Crippen LogP contribution is -1.96. The Hall–Kier alpha value is -0.800. The van der Waals surface area contributed by atoms with E-state index in [-0.39, 0.29) is 0 Å². The first-order valence-corrected chi connectivity index (χ1v) is 5.03. The molecular formula is C9H5ClINO2. The number of methoxy groups -OCH3 is 1. The third kappa shape index (κ3) is 2.16. The molecule has 0 N–H and O–H groups in total. The van der Waals surface area contributed by atoms with Crippen molar-refractivity contribution in [3.8, 4) is 11.8 Å². The molecule has 0 aliphatic rings. The molecule has 0 spiro atoms. The van der Waals surface area contributed by atoms with Gasteiger partial charge in [0.05, 0.1) is 16.2 Å². The second-order valence-electron chi connectivity index (χ2n) is 2.42. The summed E-state index contributed by atoms with van der Waals surface area (Å²) in [5.41, 5.74) is 0.608. The number of hydrogen-bond acceptors (Lipinski definition) is 3. The van der Waals surface area contributed by atoms with E-state index in [0.29, 0.717) is 20.4 Å². The van der Waals surface area contributed by atoms with Crippen molar-refractivity contribution < 1.29 is 9.53 Å². The monoisotopic (exact) mass is 321 g/mol. The summed E-state index contributed by atoms with van der Waals surface area (Å²) >= 11 is 7.29. The van der Waals surface area contributed by atoms with Crippen molar-refractivity contribution in [1.82, 2.24) is 0 Å². The van der Waals surface area contributed by atoms with Gasteiger partial charge in [-0.25, -0.2) is 0 Å². The molecule has 72 valence electrons. The molecule has 14 heavy (non-hydrogen) atoms. The van der Waals surface area contributed by atoms with Crippen LogP contribution in [0.4, 0.5) is 0 Å². The number of rotatable bonds is 2. The second-order valence-corrected chi connectivity index (χ2v) is 3.93. The van der Waals surface area contributed by atoms with Crippen molar-refractivity contribution >= 4 is 39.4 Å². The summed E-state index contributed by atoms with van der Waals surface area (Å²) in [5, 5.41) is 8.21. The van der Waals surface area contributed by atoms with Crippen LogP contribution < -0.4 is 4.74 Å². The van der Waals surface area contributed by atoms with Gasteiger partial charge in [0.2, 0.25) is 0 Å². The summed E-state index contributed by atoms with van der Waals surface area (Å²) in [6.07, 6.45) is 0. The zero-order valence-electron chi connectivity index (χ0n) is 7.17. The normalized spacial score (nSPS) is 9.29. The fourth-order valence-corrected chi connectivity index (χ4v) is 1.95. The zero-order valence-corrected chi connectivity index (χ0v) is 10.1. The van der Waals surface area contributed by atoms with Crippen LogP contribution in [0.2, 0.25) is 0 Å². The lowest BCUT2D eigenvalue weighted by atomic mass is 10.1. The number of hydrogen-bond donors (Lipinski definition) is 0. The van der Waals surface area contributed by atoms with Gasteiger partial charge < -0.3 is 4.74 Å². The second kappa shape index (κ2) is 4.62. The number of halogens is 2. The lowest BCUT2D eigenvalue weighted by Gasteiger charge is -2.06. The Morgan fingerprint density at radius 2 is 2.29 bits per heavy atom. The molecule has 0 atom stereocenters. The van der Waals surface area contributed by atoms with E-state index in [1.807, 2.05) is 28.7 Å². The maximum Gasteiger partial charge on any atom is 0.252 e. The van der Waals surface area contributed by atoms with E-state index >= 15 is 0 Å². The van der Waals surface area contributed by atoms with E-state index in [1.165, 1.54) is 13.2 Å². The molecule has 0 bridgehead atoms. The first-order chi connectivity index (χ1) is 6.60. The Kier molecular flexibility index (Phi) is 3.72. The zero-order chi connectivity index (χ0) is 10.7. The van der Waals surface area contributed by atoms with Crippen LogP contribution in [0.15, 0.2) is 12.1 Å². The number of carbonyl (C=O) groups is 1. The van der Waals surface area contributed by atoms with Crippen molar-refractivity contribution in [2.75, 3.05) is 7.11 Å². The largest absolute Gasteiger partial charge is 0.494 e. The summed E-state index contributed by atoms with van der Waals surface area (Å²) in [4.78, 5) is 10.9. The Labute approximate surface area is 99.8 Å². The molecule has 0 heterocycles. The van der Waals surface area contributed by atoms with Crippen molar-refractivity contribution in [1.29, 1.82) is 5.26 Å². The van der Waals surface area contributed by atoms with E-state index in [9.17, 15) is 4.79 Å². The third-order valence-electron chi connectivity index (χ3n) is 1.60. The van der Waals surface area contributed by atoms with Gasteiger partial charge in [0.1, 0.15) is 11.8 Å². The van der Waals surface area contributed by atoms with Crippen LogP contribution >= 0.6 is 34.2 Å². The number of nitrogens with zero attached hydrogens (tertiary/aromatic N) is 1. The van der Waals surface area contributed by atoms with Crippen LogP contribution in [-0.4, -0.2) is 12.4 Å². The minimum absolute atomic E-state index is 0.299. The molecule has 3 nitrogen and oxygen atoms in total. The standard InChI is InChI=1S/C9H5ClINO2/c1-14-8-6(4-12)2-5(9(10)13)3-7(8)11/h2-3H,1H3. The van der Waals surface area contributed by atoms with E-state index in [0.717, 1.165) is 0 Å². The lowest BCUT2D eigenvalue weighted by molar-refractivity contribution is 0.108. The van der Waals surface area contributed by atoms with Crippen LogP contribution in [-0.2, 0) is 0 Å². The van der Waals surface area contributed by atoms with Crippen molar-refractivity contribution in [3.05, 3.63) is 26.8 Å². The average molecular weight is 322 g/mol. The van der Waals surface area contributed by atoms with Gasteiger partial charge in [-0.1, -0.05) is 0 Å². The quantitative estimate of drug-likeness (QED) is 0.621. The third-order valence-corrected chi connectivity index (χ3v) is 2.61. The summed E-state index contributed by atoms with van der Waals surface area (Å²) in [6, 6.07) is 4.93. The molecule has 1 rings (SSSR count). The van der Waals surface area contributed by atoms with Crippen molar-refractivity contribution in [2.45, 2.75) is 0 Å². The molecule has 0 aliphatic heterocycles. The van der Waals surface area contributed by atoms with Gasteiger partial charge >= 0.3 is 0 Å². The maximum absolute atomic E-state index is 10.9. The molecule has 0 unspecified atom stereocenters. The van der Waals surface area contributed by atoms with E-state index in [2.05, 4.69) is 0 Å². The Balaban J connectivity index is 3.41. The highest BCUT2D eigenvalue weighted by Gasteiger charge is 2.12. The Bertz CT molecular complexity index is 426. The molecule has 1 aromatic carbocycles. The summed E-state index contributed by atoms with van der Waals surface area (Å²) in [7, 11) is 1.47. The SMILES string of the molecule is COc1c(I)cc(C(=O)Cl)cc1C#N. The van der Waals surface area contributed by atoms with Crippen LogP contribution in [0.5, 0.6) is 5.75 Å². The Morgan fingerprint density at radius 1 is 1.64 bits per heavy atom. The number of nitriles is 1. The number of ether oxygens (including phenoxy) is 1. The van der Waals surface area contributed by atoms with Gasteiger partial charge in [0, 0.05) is 5.56 Å². The molecule has 5 heteroatoms. The van der Waals surface area contributed by atoms with Gasteiger partial charge in [-0.2, -0.15) is 5.26 Å². The molecule has 0 saturated carbocycles. The van der Waals surface area contributed by atoms with E-state index in [4.69, 9.17) is 21.6 Å². The number of carbonyl (C=O) groups excluding carboxylic acids is 1. The summed E-state index contributed by atoms with van der Waals surface area (Å²) in [5.74, 6) is 0.467. The molecule has 0 fully saturated rings. The molecule has 0 amide bonds. The van der Waals surface area contributed by atoms with Crippen LogP contribution in [0.1, 0.15) is 15.9 Å². The number of benzene rings is 1. The minimum Gasteiger partial charge on any atom is -0.494 e. The van der Waals surface area contributed by atoms with Crippen LogP contribution in [0.25, 0.3) is 0 Å². The maximum atomic E-state index is 10.9. The van der Waals surface area contributed by atoms with Crippen molar-refractivity contribution in [3.63, 3.8) is 0 Å². The fourth-order valence-electron chi connectivity index (χ4n) is 0.997. The van der Waals surface area contributed by atoms with Gasteiger partial charge in [0.25, 0.3) is 5.24 Å². The van der Waals surface area contributed by atoms with Gasteiger partial charge in [-0.3, -0.25) is 4.79 Å². The molecule has 0 radical (unpaired) electrons. The highest BCUT2D eigenvalue weighted by molar-refractivity contribution is 14.1. The molecular weight excluding hydrogens is 316 g/mol. The first-order valence-electron chi connectivity index (χ1n) is 3.57. The average Bonchev–Trinajstić information content (AvgIpc) is 2.16. The molecule has 0 saturated heterocycles. The van der Waals surface area contributed by atoms with Crippen LogP contribution in [0.3, 0.4) is 0 Å². The van der Waals surface area contributed by atoms with E-state index in [1.54, 1.807) is 6.07 Å². The summed E-state index contributed by atoms with van der Waals surface area (Å²) in [6.45, 7) is 0. The van der Waals surface area contributed by atoms with Crippen molar-refractivity contribution in [2.24, 2.45) is 0 Å². The van der Waals surface area contributed by atoms with E-state index < -0.39 is 5.24 Å². The Morgan fingerprint density at radius 3 is 2.71 bits per heavy atom. The fraction of sp³-hybridized carbons (Fsp3) is 0.111. The van der Waals surface area contributed by atoms with Gasteiger partial charge in [0.15, 0.2) is 0 Å². The van der Waals surface area contributed by atoms with Gasteiger partial charge in [-0.05, 0) is 46.3 Å². The summed E-state index contributed by atoms with van der Waals surface area (Å²) < 4.78 is 5.71. The highest BCUT2D eigenvalue weighted by Crippen LogP contribution is 2.27. The predicted octanol–water partition coefficient (Wildman–Crippen LogP) is 2.55. The molecule has 1 aromatic rings. The van der Waals surface area contributed by atoms with Crippen LogP contribution in [0, 0.1) is 14.9 Å². The van der Waals surface area contributed by atoms with Gasteiger partial charge in [-0.15, -0.1) is 0 Å². The predicted molar refractivity (Wildman–Crippen MR) is 60.6 cm³/mol. The molecule has 0 aromatic heterocycles. The topological polar surface area (TPSA) is 50.1 Å². The molecule has 0 aliphatic carbocycles.